The lowest BCUT2D eigenvalue weighted by molar-refractivity contribution is 1.11. The second-order valence-corrected chi connectivity index (χ2v) is 5.25. The van der Waals surface area contributed by atoms with Crippen LogP contribution in [0.3, 0.4) is 0 Å². The Hall–Kier alpha value is -1.71. The van der Waals surface area contributed by atoms with Gasteiger partial charge in [-0.3, -0.25) is 4.57 Å². The van der Waals surface area contributed by atoms with Crippen molar-refractivity contribution >= 4 is 40.2 Å². The third kappa shape index (κ3) is 2.05. The average Bonchev–Trinajstić information content (AvgIpc) is 2.65. The van der Waals surface area contributed by atoms with Crippen molar-refractivity contribution in [2.75, 3.05) is 5.73 Å². The van der Waals surface area contributed by atoms with Crippen molar-refractivity contribution in [2.24, 2.45) is 0 Å². The van der Waals surface area contributed by atoms with E-state index in [0.29, 0.717) is 16.0 Å². The number of nitrogens with zero attached hydrogens (tertiary/aromatic N) is 2. The van der Waals surface area contributed by atoms with Gasteiger partial charge in [0.15, 0.2) is 0 Å². The summed E-state index contributed by atoms with van der Waals surface area (Å²) in [5.74, 6) is 0.419. The fourth-order valence-electron chi connectivity index (χ4n) is 2.20. The Bertz CT molecular complexity index is 757. The highest BCUT2D eigenvalue weighted by molar-refractivity contribution is 6.34. The third-order valence-electron chi connectivity index (χ3n) is 3.02. The van der Waals surface area contributed by atoms with Crippen LogP contribution < -0.4 is 5.73 Å². The number of hydrogen-bond donors (Lipinski definition) is 1. The third-order valence-corrected chi connectivity index (χ3v) is 3.45. The smallest absolute Gasteiger partial charge is 0.205 e. The minimum absolute atomic E-state index is 0.419. The first-order valence-corrected chi connectivity index (χ1v) is 6.52. The number of imidazole rings is 1. The Balaban J connectivity index is 2.36. The van der Waals surface area contributed by atoms with E-state index >= 15 is 0 Å². The van der Waals surface area contributed by atoms with Crippen molar-refractivity contribution < 1.29 is 0 Å². The molecule has 0 saturated heterocycles. The summed E-state index contributed by atoms with van der Waals surface area (Å²) >= 11 is 12.1. The minimum Gasteiger partial charge on any atom is -0.369 e. The van der Waals surface area contributed by atoms with Crippen molar-refractivity contribution in [1.82, 2.24) is 9.55 Å². The molecule has 1 heterocycles. The molecule has 0 amide bonds. The predicted octanol–water partition coefficient (Wildman–Crippen LogP) is 4.22. The molecule has 0 aliphatic rings. The molecule has 0 radical (unpaired) electrons. The van der Waals surface area contributed by atoms with E-state index in [-0.39, 0.29) is 0 Å². The van der Waals surface area contributed by atoms with E-state index in [0.717, 1.165) is 22.3 Å². The van der Waals surface area contributed by atoms with Crippen molar-refractivity contribution in [1.29, 1.82) is 0 Å². The maximum absolute atomic E-state index is 6.04. The SMILES string of the molecule is Cc1cccc2c1nc(N)n2-c1cc(Cl)cc(Cl)c1. The maximum atomic E-state index is 6.04. The summed E-state index contributed by atoms with van der Waals surface area (Å²) < 4.78 is 1.85. The van der Waals surface area contributed by atoms with Crippen molar-refractivity contribution in [3.05, 3.63) is 52.0 Å². The standard InChI is InChI=1S/C14H11Cl2N3/c1-8-3-2-4-12-13(8)18-14(17)19(12)11-6-9(15)5-10(16)7-11/h2-7H,1H3,(H2,17,18). The molecule has 0 aliphatic heterocycles. The van der Waals surface area contributed by atoms with Gasteiger partial charge < -0.3 is 5.73 Å². The van der Waals surface area contributed by atoms with Crippen LogP contribution in [0, 0.1) is 6.92 Å². The van der Waals surface area contributed by atoms with Crippen molar-refractivity contribution in [3.63, 3.8) is 0 Å². The van der Waals surface area contributed by atoms with E-state index in [1.54, 1.807) is 6.07 Å². The Kier molecular flexibility index (Phi) is 2.88. The Morgan fingerprint density at radius 3 is 2.47 bits per heavy atom. The highest BCUT2D eigenvalue weighted by Crippen LogP contribution is 2.28. The van der Waals surface area contributed by atoms with E-state index in [9.17, 15) is 0 Å². The lowest BCUT2D eigenvalue weighted by Crippen LogP contribution is -2.00. The first-order valence-electron chi connectivity index (χ1n) is 5.76. The maximum Gasteiger partial charge on any atom is 0.205 e. The quantitative estimate of drug-likeness (QED) is 0.729. The summed E-state index contributed by atoms with van der Waals surface area (Å²) in [5.41, 5.74) is 9.73. The van der Waals surface area contributed by atoms with Crippen LogP contribution in [0.25, 0.3) is 16.7 Å². The fourth-order valence-corrected chi connectivity index (χ4v) is 2.71. The number of aryl methyl sites for hydroxylation is 1. The molecule has 0 aliphatic carbocycles. The zero-order valence-electron chi connectivity index (χ0n) is 10.2. The van der Waals surface area contributed by atoms with Crippen LogP contribution >= 0.6 is 23.2 Å². The molecular formula is C14H11Cl2N3. The molecule has 1 aromatic heterocycles. The summed E-state index contributed by atoms with van der Waals surface area (Å²) in [6, 6.07) is 11.3. The molecule has 0 spiro atoms. The first-order chi connectivity index (χ1) is 9.06. The van der Waals surface area contributed by atoms with Gasteiger partial charge >= 0.3 is 0 Å². The molecule has 96 valence electrons. The lowest BCUT2D eigenvalue weighted by Gasteiger charge is -2.08. The van der Waals surface area contributed by atoms with Crippen molar-refractivity contribution in [3.8, 4) is 5.69 Å². The molecule has 2 aromatic carbocycles. The number of nitrogen functional groups attached to an aromatic ring is 1. The number of para-hydroxylation sites is 1. The number of fused-ring (bicyclic) bond motifs is 1. The van der Waals surface area contributed by atoms with Gasteiger partial charge in [-0.05, 0) is 36.8 Å². The molecule has 3 nitrogen and oxygen atoms in total. The van der Waals surface area contributed by atoms with Crippen LogP contribution in [0.4, 0.5) is 5.95 Å². The highest BCUT2D eigenvalue weighted by Gasteiger charge is 2.12. The molecule has 0 bridgehead atoms. The van der Waals surface area contributed by atoms with Crippen LogP contribution in [0.1, 0.15) is 5.56 Å². The zero-order chi connectivity index (χ0) is 13.6. The molecular weight excluding hydrogens is 281 g/mol. The van der Waals surface area contributed by atoms with Crippen LogP contribution in [-0.4, -0.2) is 9.55 Å². The topological polar surface area (TPSA) is 43.8 Å². The lowest BCUT2D eigenvalue weighted by atomic mass is 10.2. The second-order valence-electron chi connectivity index (χ2n) is 4.38. The van der Waals surface area contributed by atoms with Gasteiger partial charge in [-0.25, -0.2) is 4.98 Å². The predicted molar refractivity (Wildman–Crippen MR) is 80.2 cm³/mol. The van der Waals surface area contributed by atoms with E-state index in [4.69, 9.17) is 28.9 Å². The largest absolute Gasteiger partial charge is 0.369 e. The molecule has 19 heavy (non-hydrogen) atoms. The van der Waals surface area contributed by atoms with Crippen LogP contribution in [0.15, 0.2) is 36.4 Å². The van der Waals surface area contributed by atoms with Gasteiger partial charge in [-0.15, -0.1) is 0 Å². The van der Waals surface area contributed by atoms with Gasteiger partial charge in [0, 0.05) is 10.0 Å². The minimum atomic E-state index is 0.419. The van der Waals surface area contributed by atoms with Crippen LogP contribution in [0.5, 0.6) is 0 Å². The van der Waals surface area contributed by atoms with Gasteiger partial charge in [0.1, 0.15) is 0 Å². The second kappa shape index (κ2) is 4.44. The van der Waals surface area contributed by atoms with Gasteiger partial charge in [-0.1, -0.05) is 35.3 Å². The number of nitrogens with two attached hydrogens (primary N) is 1. The van der Waals surface area contributed by atoms with Gasteiger partial charge in [0.25, 0.3) is 0 Å². The zero-order valence-corrected chi connectivity index (χ0v) is 11.7. The summed E-state index contributed by atoms with van der Waals surface area (Å²) in [7, 11) is 0. The molecule has 0 atom stereocenters. The molecule has 0 fully saturated rings. The number of benzene rings is 2. The summed E-state index contributed by atoms with van der Waals surface area (Å²) in [4.78, 5) is 4.40. The monoisotopic (exact) mass is 291 g/mol. The number of rotatable bonds is 1. The molecule has 3 rings (SSSR count). The molecule has 5 heteroatoms. The first kappa shape index (κ1) is 12.3. The highest BCUT2D eigenvalue weighted by atomic mass is 35.5. The Labute approximate surface area is 120 Å². The van der Waals surface area contributed by atoms with Gasteiger partial charge in [-0.2, -0.15) is 0 Å². The van der Waals surface area contributed by atoms with E-state index in [1.807, 2.05) is 41.8 Å². The van der Waals surface area contributed by atoms with Gasteiger partial charge in [0.2, 0.25) is 5.95 Å². The molecule has 0 unspecified atom stereocenters. The van der Waals surface area contributed by atoms with Crippen LogP contribution in [-0.2, 0) is 0 Å². The van der Waals surface area contributed by atoms with E-state index < -0.39 is 0 Å². The summed E-state index contributed by atoms with van der Waals surface area (Å²) in [5, 5.41) is 1.13. The number of halogens is 2. The normalized spacial score (nSPS) is 11.1. The van der Waals surface area contributed by atoms with Gasteiger partial charge in [0.05, 0.1) is 16.7 Å². The number of hydrogen-bond acceptors (Lipinski definition) is 2. The fraction of sp³-hybridized carbons (Fsp3) is 0.0714. The van der Waals surface area contributed by atoms with E-state index in [2.05, 4.69) is 4.98 Å². The summed E-state index contributed by atoms with van der Waals surface area (Å²) in [6.07, 6.45) is 0. The number of anilines is 1. The average molecular weight is 292 g/mol. The molecule has 2 N–H and O–H groups in total. The Morgan fingerprint density at radius 1 is 1.11 bits per heavy atom. The Morgan fingerprint density at radius 2 is 1.79 bits per heavy atom. The molecule has 0 saturated carbocycles. The molecule has 3 aromatic rings. The summed E-state index contributed by atoms with van der Waals surface area (Å²) in [6.45, 7) is 2.00. The van der Waals surface area contributed by atoms with E-state index in [1.165, 1.54) is 0 Å². The number of aromatic nitrogens is 2. The van der Waals surface area contributed by atoms with Crippen LogP contribution in [0.2, 0.25) is 10.0 Å². The van der Waals surface area contributed by atoms with Crippen molar-refractivity contribution in [2.45, 2.75) is 6.92 Å².